The van der Waals surface area contributed by atoms with Crippen molar-refractivity contribution in [2.75, 3.05) is 13.1 Å². The van der Waals surface area contributed by atoms with Gasteiger partial charge in [-0.3, -0.25) is 9.48 Å². The van der Waals surface area contributed by atoms with Gasteiger partial charge in [-0.25, -0.2) is 0 Å². The summed E-state index contributed by atoms with van der Waals surface area (Å²) in [4.78, 5) is 11.9. The van der Waals surface area contributed by atoms with Gasteiger partial charge in [-0.05, 0) is 24.2 Å². The minimum absolute atomic E-state index is 0.148. The Bertz CT molecular complexity index is 422. The molecule has 6 heteroatoms. The van der Waals surface area contributed by atoms with Gasteiger partial charge in [-0.1, -0.05) is 19.1 Å². The summed E-state index contributed by atoms with van der Waals surface area (Å²) >= 11 is 0. The standard InChI is InChI=1S/C12H21N5O/c1-9(2)12(3-4-12)8-14-11(18)10-7-17(6-5-13)16-15-10/h7,9H,3-6,8,13H2,1-2H3,(H,14,18). The summed E-state index contributed by atoms with van der Waals surface area (Å²) in [6.45, 7) is 6.21. The molecule has 100 valence electrons. The van der Waals surface area contributed by atoms with Crippen LogP contribution in [0.5, 0.6) is 0 Å². The third kappa shape index (κ3) is 2.69. The average Bonchev–Trinajstić information content (AvgIpc) is 3.00. The normalized spacial score (nSPS) is 16.9. The number of hydrogen-bond donors (Lipinski definition) is 2. The number of rotatable bonds is 6. The maximum Gasteiger partial charge on any atom is 0.273 e. The van der Waals surface area contributed by atoms with E-state index in [0.717, 1.165) is 6.54 Å². The first-order valence-corrected chi connectivity index (χ1v) is 6.46. The summed E-state index contributed by atoms with van der Waals surface area (Å²) in [5, 5.41) is 10.6. The molecule has 0 aromatic carbocycles. The summed E-state index contributed by atoms with van der Waals surface area (Å²) in [6.07, 6.45) is 4.03. The molecular formula is C12H21N5O. The van der Waals surface area contributed by atoms with Crippen molar-refractivity contribution >= 4 is 5.91 Å². The molecule has 0 aliphatic heterocycles. The second-order valence-corrected chi connectivity index (χ2v) is 5.36. The number of nitrogens with zero attached hydrogens (tertiary/aromatic N) is 3. The van der Waals surface area contributed by atoms with Crippen LogP contribution in [0.15, 0.2) is 6.20 Å². The number of amides is 1. The summed E-state index contributed by atoms with van der Waals surface area (Å²) in [5.74, 6) is 0.455. The smallest absolute Gasteiger partial charge is 0.273 e. The molecule has 0 atom stereocenters. The van der Waals surface area contributed by atoms with Crippen LogP contribution in [0.2, 0.25) is 0 Å². The maximum atomic E-state index is 11.9. The van der Waals surface area contributed by atoms with E-state index in [0.29, 0.717) is 30.1 Å². The van der Waals surface area contributed by atoms with Crippen LogP contribution in [-0.2, 0) is 6.54 Å². The second kappa shape index (κ2) is 5.06. The lowest BCUT2D eigenvalue weighted by Gasteiger charge is -2.19. The Balaban J connectivity index is 1.87. The Morgan fingerprint density at radius 2 is 2.33 bits per heavy atom. The molecule has 1 amide bonds. The molecular weight excluding hydrogens is 230 g/mol. The highest BCUT2D eigenvalue weighted by molar-refractivity contribution is 5.91. The van der Waals surface area contributed by atoms with E-state index in [2.05, 4.69) is 29.5 Å². The largest absolute Gasteiger partial charge is 0.350 e. The second-order valence-electron chi connectivity index (χ2n) is 5.36. The Hall–Kier alpha value is -1.43. The van der Waals surface area contributed by atoms with Crippen molar-refractivity contribution in [2.45, 2.75) is 33.2 Å². The fourth-order valence-corrected chi connectivity index (χ4v) is 2.11. The number of hydrogen-bond acceptors (Lipinski definition) is 4. The van der Waals surface area contributed by atoms with Crippen molar-refractivity contribution in [3.05, 3.63) is 11.9 Å². The summed E-state index contributed by atoms with van der Waals surface area (Å²) in [5.41, 5.74) is 6.09. The van der Waals surface area contributed by atoms with Crippen LogP contribution >= 0.6 is 0 Å². The number of carbonyl (C=O) groups is 1. The van der Waals surface area contributed by atoms with Crippen LogP contribution in [0.25, 0.3) is 0 Å². The van der Waals surface area contributed by atoms with Crippen LogP contribution in [0.1, 0.15) is 37.2 Å². The Morgan fingerprint density at radius 1 is 1.61 bits per heavy atom. The highest BCUT2D eigenvalue weighted by Gasteiger charge is 2.45. The van der Waals surface area contributed by atoms with Gasteiger partial charge in [0.2, 0.25) is 0 Å². The lowest BCUT2D eigenvalue weighted by atomic mass is 9.92. The van der Waals surface area contributed by atoms with Crippen LogP contribution < -0.4 is 11.1 Å². The molecule has 1 saturated carbocycles. The van der Waals surface area contributed by atoms with E-state index in [9.17, 15) is 4.79 Å². The SMILES string of the molecule is CC(C)C1(CNC(=O)c2cn(CCN)nn2)CC1. The molecule has 1 aliphatic rings. The highest BCUT2D eigenvalue weighted by atomic mass is 16.2. The molecule has 2 rings (SSSR count). The lowest BCUT2D eigenvalue weighted by Crippen LogP contribution is -2.32. The van der Waals surface area contributed by atoms with E-state index in [1.807, 2.05) is 0 Å². The molecule has 0 bridgehead atoms. The van der Waals surface area contributed by atoms with Gasteiger partial charge < -0.3 is 11.1 Å². The topological polar surface area (TPSA) is 85.8 Å². The average molecular weight is 251 g/mol. The minimum atomic E-state index is -0.148. The summed E-state index contributed by atoms with van der Waals surface area (Å²) in [6, 6.07) is 0. The first-order valence-electron chi connectivity index (χ1n) is 6.46. The van der Waals surface area contributed by atoms with Crippen LogP contribution in [0.3, 0.4) is 0 Å². The van der Waals surface area contributed by atoms with Gasteiger partial charge in [0, 0.05) is 13.1 Å². The van der Waals surface area contributed by atoms with Crippen molar-refractivity contribution in [3.8, 4) is 0 Å². The van der Waals surface area contributed by atoms with E-state index >= 15 is 0 Å². The fraction of sp³-hybridized carbons (Fsp3) is 0.750. The molecule has 18 heavy (non-hydrogen) atoms. The molecule has 0 saturated heterocycles. The molecule has 1 aromatic rings. The number of nitrogens with two attached hydrogens (primary N) is 1. The van der Waals surface area contributed by atoms with Crippen LogP contribution in [0.4, 0.5) is 0 Å². The molecule has 1 aliphatic carbocycles. The van der Waals surface area contributed by atoms with Crippen molar-refractivity contribution in [2.24, 2.45) is 17.1 Å². The van der Waals surface area contributed by atoms with Gasteiger partial charge >= 0.3 is 0 Å². The minimum Gasteiger partial charge on any atom is -0.350 e. The molecule has 0 radical (unpaired) electrons. The van der Waals surface area contributed by atoms with Crippen molar-refractivity contribution in [1.82, 2.24) is 20.3 Å². The van der Waals surface area contributed by atoms with E-state index in [1.54, 1.807) is 10.9 Å². The summed E-state index contributed by atoms with van der Waals surface area (Å²) in [7, 11) is 0. The molecule has 6 nitrogen and oxygen atoms in total. The lowest BCUT2D eigenvalue weighted by molar-refractivity contribution is 0.0934. The van der Waals surface area contributed by atoms with Crippen molar-refractivity contribution < 1.29 is 4.79 Å². The third-order valence-corrected chi connectivity index (χ3v) is 3.85. The molecule has 3 N–H and O–H groups in total. The zero-order valence-corrected chi connectivity index (χ0v) is 11.0. The summed E-state index contributed by atoms with van der Waals surface area (Å²) < 4.78 is 1.59. The molecule has 0 unspecified atom stereocenters. The highest BCUT2D eigenvalue weighted by Crippen LogP contribution is 2.51. The Morgan fingerprint density at radius 3 is 2.89 bits per heavy atom. The van der Waals surface area contributed by atoms with Gasteiger partial charge in [0.25, 0.3) is 5.91 Å². The quantitative estimate of drug-likeness (QED) is 0.766. The predicted octanol–water partition coefficient (Wildman–Crippen LogP) is 0.403. The van der Waals surface area contributed by atoms with Crippen molar-refractivity contribution in [1.29, 1.82) is 0 Å². The van der Waals surface area contributed by atoms with E-state index in [1.165, 1.54) is 12.8 Å². The Kier molecular flexibility index (Phi) is 3.65. The predicted molar refractivity (Wildman–Crippen MR) is 67.9 cm³/mol. The van der Waals surface area contributed by atoms with E-state index in [4.69, 9.17) is 5.73 Å². The first-order chi connectivity index (χ1) is 8.57. The first kappa shape index (κ1) is 13.0. The van der Waals surface area contributed by atoms with E-state index in [-0.39, 0.29) is 5.91 Å². The van der Waals surface area contributed by atoms with Crippen molar-refractivity contribution in [3.63, 3.8) is 0 Å². The number of aromatic nitrogens is 3. The fourth-order valence-electron chi connectivity index (χ4n) is 2.11. The maximum absolute atomic E-state index is 11.9. The monoisotopic (exact) mass is 251 g/mol. The van der Waals surface area contributed by atoms with Gasteiger partial charge in [0.15, 0.2) is 5.69 Å². The molecule has 0 spiro atoms. The number of carbonyl (C=O) groups excluding carboxylic acids is 1. The van der Waals surface area contributed by atoms with Gasteiger partial charge in [0.1, 0.15) is 0 Å². The molecule has 1 aromatic heterocycles. The third-order valence-electron chi connectivity index (χ3n) is 3.85. The number of nitrogens with one attached hydrogen (secondary N) is 1. The zero-order chi connectivity index (χ0) is 13.2. The van der Waals surface area contributed by atoms with Crippen LogP contribution in [-0.4, -0.2) is 34.0 Å². The zero-order valence-electron chi connectivity index (χ0n) is 11.0. The Labute approximate surface area is 107 Å². The molecule has 1 heterocycles. The van der Waals surface area contributed by atoms with Gasteiger partial charge in [-0.15, -0.1) is 5.10 Å². The van der Waals surface area contributed by atoms with Gasteiger partial charge in [0.05, 0.1) is 12.7 Å². The molecule has 1 fully saturated rings. The van der Waals surface area contributed by atoms with E-state index < -0.39 is 0 Å². The van der Waals surface area contributed by atoms with Gasteiger partial charge in [-0.2, -0.15) is 0 Å². The van der Waals surface area contributed by atoms with Crippen LogP contribution in [0, 0.1) is 11.3 Å².